The number of aliphatic hydroxyl groups is 1. The first-order valence-corrected chi connectivity index (χ1v) is 9.72. The molecule has 0 aromatic rings. The third-order valence-electron chi connectivity index (χ3n) is 4.47. The molecule has 3 atom stereocenters. The van der Waals surface area contributed by atoms with Crippen LogP contribution in [-0.2, 0) is 14.3 Å². The number of carbonyl (C=O) groups excluding carboxylic acids is 1. The Hall–Kier alpha value is -0.970. The van der Waals surface area contributed by atoms with Crippen LogP contribution in [0.5, 0.6) is 0 Å². The van der Waals surface area contributed by atoms with Crippen molar-refractivity contribution in [3.8, 4) is 0 Å². The van der Waals surface area contributed by atoms with Crippen molar-refractivity contribution in [2.24, 2.45) is 0 Å². The molecule has 25 heavy (non-hydrogen) atoms. The zero-order valence-electron chi connectivity index (χ0n) is 16.8. The van der Waals surface area contributed by atoms with Gasteiger partial charge < -0.3 is 19.4 Å². The van der Waals surface area contributed by atoms with Crippen molar-refractivity contribution in [1.82, 2.24) is 0 Å². The Bertz CT molecular complexity index is 414. The average molecular weight is 355 g/mol. The van der Waals surface area contributed by atoms with Crippen LogP contribution < -0.4 is 0 Å². The molecule has 0 radical (unpaired) electrons. The molecule has 0 saturated carbocycles. The van der Waals surface area contributed by atoms with Gasteiger partial charge in [-0.15, -0.1) is 0 Å². The van der Waals surface area contributed by atoms with E-state index in [1.807, 2.05) is 13.8 Å². The maximum atomic E-state index is 9.97. The Kier molecular flexibility index (Phi) is 13.7. The SMILES string of the molecule is C=C1COC(CCC=O)C1.CC.CCC1CC(C)=C(CO)C(CC)O1. The van der Waals surface area contributed by atoms with Crippen LogP contribution in [0.15, 0.2) is 23.3 Å². The Morgan fingerprint density at radius 3 is 2.32 bits per heavy atom. The summed E-state index contributed by atoms with van der Waals surface area (Å²) in [6.07, 6.45) is 7.12. The smallest absolute Gasteiger partial charge is 0.120 e. The Morgan fingerprint density at radius 1 is 1.20 bits per heavy atom. The molecule has 0 amide bonds. The van der Waals surface area contributed by atoms with E-state index < -0.39 is 0 Å². The van der Waals surface area contributed by atoms with E-state index in [-0.39, 0.29) is 18.8 Å². The third-order valence-corrected chi connectivity index (χ3v) is 4.47. The summed E-state index contributed by atoms with van der Waals surface area (Å²) in [5.74, 6) is 0. The zero-order chi connectivity index (χ0) is 19.2. The van der Waals surface area contributed by atoms with Crippen molar-refractivity contribution in [3.05, 3.63) is 23.3 Å². The molecule has 2 aliphatic heterocycles. The first-order chi connectivity index (χ1) is 12.0. The monoisotopic (exact) mass is 354 g/mol. The summed E-state index contributed by atoms with van der Waals surface area (Å²) in [6.45, 7) is 15.0. The lowest BCUT2D eigenvalue weighted by atomic mass is 9.94. The Balaban J connectivity index is 0.000000430. The highest BCUT2D eigenvalue weighted by atomic mass is 16.5. The molecule has 3 unspecified atom stereocenters. The van der Waals surface area contributed by atoms with Crippen LogP contribution in [0.1, 0.15) is 73.1 Å². The quantitative estimate of drug-likeness (QED) is 0.559. The maximum absolute atomic E-state index is 9.97. The largest absolute Gasteiger partial charge is 0.392 e. The molecule has 0 aromatic carbocycles. The minimum atomic E-state index is 0.154. The second-order valence-corrected chi connectivity index (χ2v) is 6.36. The Morgan fingerprint density at radius 2 is 1.88 bits per heavy atom. The van der Waals surface area contributed by atoms with Gasteiger partial charge in [-0.05, 0) is 50.2 Å². The van der Waals surface area contributed by atoms with Gasteiger partial charge in [0.1, 0.15) is 6.29 Å². The fraction of sp³-hybridized carbons (Fsp3) is 0.762. The van der Waals surface area contributed by atoms with Gasteiger partial charge in [0.05, 0.1) is 31.5 Å². The predicted molar refractivity (Wildman–Crippen MR) is 104 cm³/mol. The summed E-state index contributed by atoms with van der Waals surface area (Å²) in [5.41, 5.74) is 3.58. The van der Waals surface area contributed by atoms with Crippen molar-refractivity contribution >= 4 is 6.29 Å². The van der Waals surface area contributed by atoms with E-state index in [1.54, 1.807) is 0 Å². The van der Waals surface area contributed by atoms with Gasteiger partial charge in [-0.3, -0.25) is 0 Å². The van der Waals surface area contributed by atoms with Crippen LogP contribution in [0.2, 0.25) is 0 Å². The van der Waals surface area contributed by atoms with Gasteiger partial charge in [-0.2, -0.15) is 0 Å². The number of ether oxygens (including phenoxy) is 2. The van der Waals surface area contributed by atoms with Crippen LogP contribution in [0.3, 0.4) is 0 Å². The van der Waals surface area contributed by atoms with Crippen LogP contribution in [0, 0.1) is 0 Å². The second kappa shape index (κ2) is 14.2. The van der Waals surface area contributed by atoms with Gasteiger partial charge in [0.2, 0.25) is 0 Å². The molecule has 1 N–H and O–H groups in total. The molecule has 0 spiro atoms. The van der Waals surface area contributed by atoms with Crippen LogP contribution >= 0.6 is 0 Å². The van der Waals surface area contributed by atoms with E-state index in [9.17, 15) is 9.90 Å². The minimum Gasteiger partial charge on any atom is -0.392 e. The number of carbonyl (C=O) groups is 1. The summed E-state index contributed by atoms with van der Waals surface area (Å²) in [5, 5.41) is 9.18. The van der Waals surface area contributed by atoms with Crippen molar-refractivity contribution in [3.63, 3.8) is 0 Å². The lowest BCUT2D eigenvalue weighted by molar-refractivity contribution is -0.108. The van der Waals surface area contributed by atoms with Gasteiger partial charge in [-0.25, -0.2) is 0 Å². The van der Waals surface area contributed by atoms with Gasteiger partial charge in [0.25, 0.3) is 0 Å². The van der Waals surface area contributed by atoms with Crippen molar-refractivity contribution in [1.29, 1.82) is 0 Å². The van der Waals surface area contributed by atoms with E-state index in [0.29, 0.717) is 19.1 Å². The summed E-state index contributed by atoms with van der Waals surface area (Å²) in [6, 6.07) is 0. The van der Waals surface area contributed by atoms with Crippen LogP contribution in [0.4, 0.5) is 0 Å². The molecule has 0 aliphatic carbocycles. The van der Waals surface area contributed by atoms with E-state index in [2.05, 4.69) is 27.4 Å². The molecule has 4 nitrogen and oxygen atoms in total. The van der Waals surface area contributed by atoms with Gasteiger partial charge in [-0.1, -0.05) is 39.8 Å². The molecule has 146 valence electrons. The highest BCUT2D eigenvalue weighted by Crippen LogP contribution is 2.28. The fourth-order valence-electron chi connectivity index (χ4n) is 3.04. The summed E-state index contributed by atoms with van der Waals surface area (Å²) in [4.78, 5) is 9.97. The summed E-state index contributed by atoms with van der Waals surface area (Å²) >= 11 is 0. The number of aliphatic hydroxyl groups excluding tert-OH is 1. The van der Waals surface area contributed by atoms with Crippen molar-refractivity contribution < 1.29 is 19.4 Å². The third kappa shape index (κ3) is 8.80. The highest BCUT2D eigenvalue weighted by molar-refractivity contribution is 5.49. The van der Waals surface area contributed by atoms with E-state index in [0.717, 1.165) is 49.5 Å². The normalized spacial score (nSPS) is 25.7. The molecular formula is C21H38O4. The summed E-state index contributed by atoms with van der Waals surface area (Å²) in [7, 11) is 0. The molecule has 4 heteroatoms. The molecular weight excluding hydrogens is 316 g/mol. The first-order valence-electron chi connectivity index (χ1n) is 9.72. The van der Waals surface area contributed by atoms with Gasteiger partial charge in [0.15, 0.2) is 0 Å². The lowest BCUT2D eigenvalue weighted by Crippen LogP contribution is -2.30. The van der Waals surface area contributed by atoms with Crippen molar-refractivity contribution in [2.45, 2.75) is 91.5 Å². The van der Waals surface area contributed by atoms with Crippen LogP contribution in [0.25, 0.3) is 0 Å². The predicted octanol–water partition coefficient (Wildman–Crippen LogP) is 4.61. The number of rotatable bonds is 6. The standard InChI is InChI=1S/C11H20O2.C8H12O2.C2H6/c1-4-9-6-8(3)10(7-12)11(5-2)13-9;1-7-5-8(10-6-7)3-2-4-9;1-2/h9,11-12H,4-7H2,1-3H3;4,8H,1-3,5-6H2;1-2H3. The fourth-order valence-corrected chi connectivity index (χ4v) is 3.04. The molecule has 2 rings (SSSR count). The molecule has 2 aliphatic rings. The molecule has 0 bridgehead atoms. The molecule has 1 fully saturated rings. The molecule has 2 heterocycles. The number of aldehydes is 1. The molecule has 1 saturated heterocycles. The number of hydrogen-bond donors (Lipinski definition) is 1. The Labute approximate surface area is 154 Å². The second-order valence-electron chi connectivity index (χ2n) is 6.36. The average Bonchev–Trinajstić information content (AvgIpc) is 3.06. The van der Waals surface area contributed by atoms with Crippen molar-refractivity contribution in [2.75, 3.05) is 13.2 Å². The maximum Gasteiger partial charge on any atom is 0.120 e. The van der Waals surface area contributed by atoms with Gasteiger partial charge >= 0.3 is 0 Å². The first kappa shape index (κ1) is 24.0. The zero-order valence-corrected chi connectivity index (χ0v) is 16.8. The molecule has 0 aromatic heterocycles. The number of hydrogen-bond acceptors (Lipinski definition) is 4. The lowest BCUT2D eigenvalue weighted by Gasteiger charge is -2.32. The summed E-state index contributed by atoms with van der Waals surface area (Å²) < 4.78 is 11.1. The minimum absolute atomic E-state index is 0.154. The van der Waals surface area contributed by atoms with Gasteiger partial charge in [0, 0.05) is 6.42 Å². The topological polar surface area (TPSA) is 55.8 Å². The van der Waals surface area contributed by atoms with E-state index >= 15 is 0 Å². The van der Waals surface area contributed by atoms with E-state index in [4.69, 9.17) is 9.47 Å². The van der Waals surface area contributed by atoms with E-state index in [1.165, 1.54) is 5.57 Å². The van der Waals surface area contributed by atoms with Crippen LogP contribution in [-0.4, -0.2) is 42.9 Å². The highest BCUT2D eigenvalue weighted by Gasteiger charge is 2.25.